The highest BCUT2D eigenvalue weighted by molar-refractivity contribution is 6.25. The standard InChI is InChI=1S/C8H13NO3/c1-6(2)9-8(12)4-3-7(11)5-10/h5-6H,3-4H2,1-2H3,(H,9,12). The van der Waals surface area contributed by atoms with Crippen LogP contribution < -0.4 is 5.32 Å². The SMILES string of the molecule is CC(C)NC(=O)CCC(=O)C=O. The molecule has 68 valence electrons. The van der Waals surface area contributed by atoms with Gasteiger partial charge in [-0.05, 0) is 13.8 Å². The van der Waals surface area contributed by atoms with Gasteiger partial charge in [-0.3, -0.25) is 14.4 Å². The third-order valence-electron chi connectivity index (χ3n) is 1.18. The summed E-state index contributed by atoms with van der Waals surface area (Å²) in [6.07, 6.45) is 0.334. The van der Waals surface area contributed by atoms with Crippen molar-refractivity contribution in [3.63, 3.8) is 0 Å². The summed E-state index contributed by atoms with van der Waals surface area (Å²) in [4.78, 5) is 31.2. The molecule has 0 spiro atoms. The van der Waals surface area contributed by atoms with Crippen molar-refractivity contribution in [2.75, 3.05) is 0 Å². The van der Waals surface area contributed by atoms with E-state index in [0.29, 0.717) is 0 Å². The average molecular weight is 171 g/mol. The predicted molar refractivity (Wildman–Crippen MR) is 43.6 cm³/mol. The van der Waals surface area contributed by atoms with Crippen LogP contribution in [-0.2, 0) is 14.4 Å². The van der Waals surface area contributed by atoms with E-state index in [9.17, 15) is 14.4 Å². The van der Waals surface area contributed by atoms with Crippen LogP contribution in [0.5, 0.6) is 0 Å². The molecule has 0 unspecified atom stereocenters. The summed E-state index contributed by atoms with van der Waals surface area (Å²) in [6.45, 7) is 3.67. The molecular formula is C8H13NO3. The minimum Gasteiger partial charge on any atom is -0.354 e. The number of Topliss-reactive ketones (excluding diaryl/α,β-unsaturated/α-hetero) is 1. The second-order valence-electron chi connectivity index (χ2n) is 2.81. The summed E-state index contributed by atoms with van der Waals surface area (Å²) in [5, 5.41) is 2.62. The lowest BCUT2D eigenvalue weighted by molar-refractivity contribution is -0.131. The molecule has 0 heterocycles. The maximum atomic E-state index is 10.9. The molecule has 0 aliphatic rings. The number of aldehydes is 1. The number of ketones is 1. The van der Waals surface area contributed by atoms with Gasteiger partial charge in [0, 0.05) is 18.9 Å². The lowest BCUT2D eigenvalue weighted by atomic mass is 10.2. The van der Waals surface area contributed by atoms with Gasteiger partial charge >= 0.3 is 0 Å². The molecule has 0 atom stereocenters. The minimum atomic E-state index is -0.533. The van der Waals surface area contributed by atoms with Gasteiger partial charge in [0.1, 0.15) is 0 Å². The van der Waals surface area contributed by atoms with E-state index in [4.69, 9.17) is 0 Å². The van der Waals surface area contributed by atoms with Crippen molar-refractivity contribution in [3.05, 3.63) is 0 Å². The number of carbonyl (C=O) groups is 3. The molecule has 1 amide bonds. The highest BCUT2D eigenvalue weighted by Gasteiger charge is 2.06. The van der Waals surface area contributed by atoms with Crippen LogP contribution in [0.3, 0.4) is 0 Å². The molecule has 0 rings (SSSR count). The van der Waals surface area contributed by atoms with Crippen molar-refractivity contribution in [1.82, 2.24) is 5.32 Å². The second-order valence-corrected chi connectivity index (χ2v) is 2.81. The zero-order valence-electron chi connectivity index (χ0n) is 7.29. The topological polar surface area (TPSA) is 63.2 Å². The number of carbonyl (C=O) groups excluding carboxylic acids is 3. The van der Waals surface area contributed by atoms with E-state index in [1.54, 1.807) is 0 Å². The normalized spacial score (nSPS) is 9.58. The Balaban J connectivity index is 3.57. The molecule has 12 heavy (non-hydrogen) atoms. The predicted octanol–water partition coefficient (Wildman–Crippen LogP) is 0.0592. The first kappa shape index (κ1) is 10.8. The van der Waals surface area contributed by atoms with Crippen LogP contribution in [0.1, 0.15) is 26.7 Å². The molecule has 0 aromatic rings. The molecule has 0 saturated carbocycles. The van der Waals surface area contributed by atoms with Crippen LogP contribution in [0.4, 0.5) is 0 Å². The van der Waals surface area contributed by atoms with Gasteiger partial charge in [-0.15, -0.1) is 0 Å². The maximum Gasteiger partial charge on any atom is 0.220 e. The molecule has 1 N–H and O–H groups in total. The summed E-state index contributed by atoms with van der Waals surface area (Å²) in [5.41, 5.74) is 0. The van der Waals surface area contributed by atoms with Crippen LogP contribution in [0.15, 0.2) is 0 Å². The van der Waals surface area contributed by atoms with Gasteiger partial charge in [-0.25, -0.2) is 0 Å². The summed E-state index contributed by atoms with van der Waals surface area (Å²) in [6, 6.07) is 0.0730. The van der Waals surface area contributed by atoms with Gasteiger partial charge in [0.25, 0.3) is 0 Å². The Hall–Kier alpha value is -1.19. The molecule has 0 aromatic carbocycles. The Bertz CT molecular complexity index is 187. The Morgan fingerprint density at radius 1 is 1.33 bits per heavy atom. The van der Waals surface area contributed by atoms with Crippen molar-refractivity contribution >= 4 is 18.0 Å². The van der Waals surface area contributed by atoms with E-state index in [1.807, 2.05) is 13.8 Å². The first-order chi connectivity index (χ1) is 5.56. The van der Waals surface area contributed by atoms with E-state index in [1.165, 1.54) is 0 Å². The van der Waals surface area contributed by atoms with Crippen molar-refractivity contribution in [3.8, 4) is 0 Å². The zero-order valence-corrected chi connectivity index (χ0v) is 7.29. The molecule has 0 aliphatic carbocycles. The molecular weight excluding hydrogens is 158 g/mol. The molecule has 0 fully saturated rings. The lowest BCUT2D eigenvalue weighted by Gasteiger charge is -2.06. The number of rotatable bonds is 5. The Kier molecular flexibility index (Phi) is 4.92. The van der Waals surface area contributed by atoms with Gasteiger partial charge in [0.05, 0.1) is 0 Å². The largest absolute Gasteiger partial charge is 0.354 e. The number of hydrogen-bond donors (Lipinski definition) is 1. The van der Waals surface area contributed by atoms with Gasteiger partial charge in [0.2, 0.25) is 5.91 Å². The minimum absolute atomic E-state index is 0.00204. The molecule has 4 heteroatoms. The molecule has 0 bridgehead atoms. The third-order valence-corrected chi connectivity index (χ3v) is 1.18. The monoisotopic (exact) mass is 171 g/mol. The van der Waals surface area contributed by atoms with Crippen molar-refractivity contribution in [2.45, 2.75) is 32.7 Å². The number of amides is 1. The quantitative estimate of drug-likeness (QED) is 0.470. The van der Waals surface area contributed by atoms with Crippen LogP contribution >= 0.6 is 0 Å². The third kappa shape index (κ3) is 5.58. The highest BCUT2D eigenvalue weighted by Crippen LogP contribution is 1.90. The van der Waals surface area contributed by atoms with E-state index in [0.717, 1.165) is 0 Å². The fraction of sp³-hybridized carbons (Fsp3) is 0.625. The molecule has 0 radical (unpaired) electrons. The van der Waals surface area contributed by atoms with Gasteiger partial charge in [-0.1, -0.05) is 0 Å². The Labute approximate surface area is 71.3 Å². The highest BCUT2D eigenvalue weighted by atomic mass is 16.2. The zero-order chi connectivity index (χ0) is 9.56. The first-order valence-corrected chi connectivity index (χ1v) is 3.83. The molecule has 0 aliphatic heterocycles. The average Bonchev–Trinajstić information content (AvgIpc) is 1.99. The lowest BCUT2D eigenvalue weighted by Crippen LogP contribution is -2.30. The number of hydrogen-bond acceptors (Lipinski definition) is 3. The Morgan fingerprint density at radius 2 is 1.92 bits per heavy atom. The smallest absolute Gasteiger partial charge is 0.220 e. The van der Waals surface area contributed by atoms with Crippen molar-refractivity contribution in [2.24, 2.45) is 0 Å². The second kappa shape index (κ2) is 5.46. The summed E-state index contributed by atoms with van der Waals surface area (Å²) < 4.78 is 0. The fourth-order valence-electron chi connectivity index (χ4n) is 0.690. The summed E-state index contributed by atoms with van der Waals surface area (Å²) in [7, 11) is 0. The van der Waals surface area contributed by atoms with Crippen LogP contribution in [-0.4, -0.2) is 24.0 Å². The van der Waals surface area contributed by atoms with E-state index in [2.05, 4.69) is 5.32 Å². The van der Waals surface area contributed by atoms with Gasteiger partial charge < -0.3 is 5.32 Å². The van der Waals surface area contributed by atoms with Crippen LogP contribution in [0.2, 0.25) is 0 Å². The van der Waals surface area contributed by atoms with E-state index in [-0.39, 0.29) is 31.1 Å². The molecule has 0 aromatic heterocycles. The van der Waals surface area contributed by atoms with Crippen molar-refractivity contribution in [1.29, 1.82) is 0 Å². The Morgan fingerprint density at radius 3 is 2.33 bits per heavy atom. The van der Waals surface area contributed by atoms with Crippen molar-refractivity contribution < 1.29 is 14.4 Å². The molecule has 4 nitrogen and oxygen atoms in total. The fourth-order valence-corrected chi connectivity index (χ4v) is 0.690. The number of nitrogens with one attached hydrogen (secondary N) is 1. The van der Waals surface area contributed by atoms with E-state index >= 15 is 0 Å². The van der Waals surface area contributed by atoms with Crippen LogP contribution in [0.25, 0.3) is 0 Å². The van der Waals surface area contributed by atoms with E-state index < -0.39 is 5.78 Å². The summed E-state index contributed by atoms with van der Waals surface area (Å²) in [5.74, 6) is -0.728. The maximum absolute atomic E-state index is 10.9. The van der Waals surface area contributed by atoms with Gasteiger partial charge in [-0.2, -0.15) is 0 Å². The molecule has 0 saturated heterocycles. The van der Waals surface area contributed by atoms with Gasteiger partial charge in [0.15, 0.2) is 12.1 Å². The van der Waals surface area contributed by atoms with Crippen LogP contribution in [0, 0.1) is 0 Å². The summed E-state index contributed by atoms with van der Waals surface area (Å²) >= 11 is 0. The first-order valence-electron chi connectivity index (χ1n) is 3.83.